The summed E-state index contributed by atoms with van der Waals surface area (Å²) in [6, 6.07) is 6.30. The molecule has 4 rings (SSSR count). The van der Waals surface area contributed by atoms with Gasteiger partial charge in [-0.2, -0.15) is 0 Å². The maximum Gasteiger partial charge on any atom is 0.320 e. The number of esters is 1. The minimum atomic E-state index is -0.652. The Bertz CT molecular complexity index is 1230. The summed E-state index contributed by atoms with van der Waals surface area (Å²) >= 11 is 18.3. The highest BCUT2D eigenvalue weighted by Crippen LogP contribution is 2.32. The first kappa shape index (κ1) is 25.0. The van der Waals surface area contributed by atoms with E-state index in [1.54, 1.807) is 18.2 Å². The van der Waals surface area contributed by atoms with Gasteiger partial charge in [-0.05, 0) is 49.9 Å². The second-order valence-electron chi connectivity index (χ2n) is 7.74. The molecule has 0 radical (unpaired) electrons. The van der Waals surface area contributed by atoms with E-state index in [0.29, 0.717) is 47.1 Å². The lowest BCUT2D eigenvalue weighted by atomic mass is 9.87. The SMILES string of the molecule is COC(=O)[C@H]1CC[C@H](Oc2ncc(NC(=O)c3nnc(Nc4ccc(Cl)cc4Cl)o3)cc2Cl)CC1. The van der Waals surface area contributed by atoms with E-state index in [9.17, 15) is 9.59 Å². The van der Waals surface area contributed by atoms with E-state index in [4.69, 9.17) is 48.7 Å². The molecule has 1 aliphatic rings. The first-order valence-electron chi connectivity index (χ1n) is 10.6. The fraction of sp³-hybridized carbons (Fsp3) is 0.318. The number of methoxy groups -OCH3 is 1. The number of rotatable bonds is 7. The van der Waals surface area contributed by atoms with Crippen molar-refractivity contribution in [2.45, 2.75) is 31.8 Å². The molecule has 0 spiro atoms. The quantitative estimate of drug-likeness (QED) is 0.372. The van der Waals surface area contributed by atoms with Crippen LogP contribution in [0, 0.1) is 5.92 Å². The number of benzene rings is 1. The highest BCUT2D eigenvalue weighted by molar-refractivity contribution is 6.36. The molecule has 1 saturated carbocycles. The van der Waals surface area contributed by atoms with Gasteiger partial charge in [-0.1, -0.05) is 39.9 Å². The van der Waals surface area contributed by atoms with Gasteiger partial charge < -0.3 is 24.5 Å². The summed E-state index contributed by atoms with van der Waals surface area (Å²) in [6.07, 6.45) is 4.01. The van der Waals surface area contributed by atoms with Crippen molar-refractivity contribution < 1.29 is 23.5 Å². The molecule has 1 fully saturated rings. The van der Waals surface area contributed by atoms with E-state index in [1.165, 1.54) is 19.4 Å². The minimum Gasteiger partial charge on any atom is -0.473 e. The van der Waals surface area contributed by atoms with E-state index in [-0.39, 0.29) is 40.8 Å². The summed E-state index contributed by atoms with van der Waals surface area (Å²) in [5.74, 6) is -0.991. The number of hydrogen-bond donors (Lipinski definition) is 2. The first-order valence-corrected chi connectivity index (χ1v) is 11.7. The van der Waals surface area contributed by atoms with Gasteiger partial charge in [-0.15, -0.1) is 5.10 Å². The van der Waals surface area contributed by atoms with E-state index in [0.717, 1.165) is 0 Å². The van der Waals surface area contributed by atoms with Gasteiger partial charge in [0.25, 0.3) is 0 Å². The zero-order valence-corrected chi connectivity index (χ0v) is 20.7. The summed E-state index contributed by atoms with van der Waals surface area (Å²) in [5.41, 5.74) is 0.798. The minimum absolute atomic E-state index is 0.0267. The molecule has 0 saturated heterocycles. The molecule has 2 N–H and O–H groups in total. The van der Waals surface area contributed by atoms with Crippen LogP contribution in [0.3, 0.4) is 0 Å². The smallest absolute Gasteiger partial charge is 0.320 e. The van der Waals surface area contributed by atoms with Gasteiger partial charge >= 0.3 is 23.8 Å². The molecular weight excluding hydrogens is 521 g/mol. The van der Waals surface area contributed by atoms with Crippen molar-refractivity contribution >= 4 is 64.1 Å². The molecule has 1 aromatic carbocycles. The summed E-state index contributed by atoms with van der Waals surface area (Å²) in [7, 11) is 1.39. The zero-order valence-electron chi connectivity index (χ0n) is 18.4. The lowest BCUT2D eigenvalue weighted by Gasteiger charge is -2.27. The maximum absolute atomic E-state index is 12.5. The summed E-state index contributed by atoms with van der Waals surface area (Å²) in [5, 5.41) is 14.0. The predicted molar refractivity (Wildman–Crippen MR) is 130 cm³/mol. The first-order chi connectivity index (χ1) is 16.8. The van der Waals surface area contributed by atoms with Crippen LogP contribution in [-0.2, 0) is 9.53 Å². The number of ether oxygens (including phenoxy) is 2. The van der Waals surface area contributed by atoms with Crippen molar-refractivity contribution in [3.63, 3.8) is 0 Å². The molecular formula is C22H20Cl3N5O5. The largest absolute Gasteiger partial charge is 0.473 e. The molecule has 0 bridgehead atoms. The molecule has 0 aliphatic heterocycles. The molecule has 35 heavy (non-hydrogen) atoms. The predicted octanol–water partition coefficient (Wildman–Crippen LogP) is 5.53. The molecule has 3 aromatic rings. The second-order valence-corrected chi connectivity index (χ2v) is 8.99. The lowest BCUT2D eigenvalue weighted by Crippen LogP contribution is -2.28. The van der Waals surface area contributed by atoms with Crippen LogP contribution in [0.15, 0.2) is 34.9 Å². The topological polar surface area (TPSA) is 128 Å². The number of anilines is 3. The van der Waals surface area contributed by atoms with Gasteiger partial charge in [-0.3, -0.25) is 9.59 Å². The van der Waals surface area contributed by atoms with Crippen molar-refractivity contribution in [1.82, 2.24) is 15.2 Å². The summed E-state index contributed by atoms with van der Waals surface area (Å²) < 4.78 is 16.0. The number of nitrogens with zero attached hydrogens (tertiary/aromatic N) is 3. The molecule has 0 atom stereocenters. The van der Waals surface area contributed by atoms with E-state index in [2.05, 4.69) is 25.8 Å². The van der Waals surface area contributed by atoms with Crippen LogP contribution in [0.25, 0.3) is 0 Å². The number of carbonyl (C=O) groups is 2. The van der Waals surface area contributed by atoms with Gasteiger partial charge in [-0.25, -0.2) is 4.98 Å². The van der Waals surface area contributed by atoms with E-state index >= 15 is 0 Å². The Kier molecular flexibility index (Phi) is 7.94. The zero-order chi connectivity index (χ0) is 24.9. The van der Waals surface area contributed by atoms with Gasteiger partial charge in [0, 0.05) is 5.02 Å². The molecule has 10 nitrogen and oxygen atoms in total. The van der Waals surface area contributed by atoms with Gasteiger partial charge in [0.15, 0.2) is 0 Å². The van der Waals surface area contributed by atoms with Crippen LogP contribution in [0.4, 0.5) is 17.4 Å². The third-order valence-electron chi connectivity index (χ3n) is 5.34. The van der Waals surface area contributed by atoms with Crippen molar-refractivity contribution in [2.75, 3.05) is 17.7 Å². The van der Waals surface area contributed by atoms with Gasteiger partial charge in [0.2, 0.25) is 5.88 Å². The Hall–Kier alpha value is -3.08. The summed E-state index contributed by atoms with van der Waals surface area (Å²) in [4.78, 5) is 28.4. The number of hydrogen-bond acceptors (Lipinski definition) is 9. The van der Waals surface area contributed by atoms with Gasteiger partial charge in [0.05, 0.1) is 35.6 Å². The number of carbonyl (C=O) groups excluding carboxylic acids is 2. The Balaban J connectivity index is 1.33. The molecule has 0 unspecified atom stereocenters. The Morgan fingerprint density at radius 1 is 1.06 bits per heavy atom. The Morgan fingerprint density at radius 3 is 2.51 bits per heavy atom. The van der Waals surface area contributed by atoms with E-state index < -0.39 is 5.91 Å². The van der Waals surface area contributed by atoms with Gasteiger partial charge in [0.1, 0.15) is 11.1 Å². The third kappa shape index (κ3) is 6.33. The second kappa shape index (κ2) is 11.1. The normalized spacial score (nSPS) is 17.5. The average molecular weight is 541 g/mol. The molecule has 13 heteroatoms. The van der Waals surface area contributed by atoms with Crippen molar-refractivity contribution in [1.29, 1.82) is 0 Å². The summed E-state index contributed by atoms with van der Waals surface area (Å²) in [6.45, 7) is 0. The number of nitrogens with one attached hydrogen (secondary N) is 2. The van der Waals surface area contributed by atoms with Crippen LogP contribution in [0.1, 0.15) is 36.4 Å². The fourth-order valence-electron chi connectivity index (χ4n) is 3.58. The molecule has 184 valence electrons. The lowest BCUT2D eigenvalue weighted by molar-refractivity contribution is -0.147. The molecule has 2 heterocycles. The molecule has 1 aliphatic carbocycles. The van der Waals surface area contributed by atoms with Crippen molar-refractivity contribution in [3.05, 3.63) is 51.4 Å². The Morgan fingerprint density at radius 2 is 1.83 bits per heavy atom. The highest BCUT2D eigenvalue weighted by atomic mass is 35.5. The van der Waals surface area contributed by atoms with Crippen molar-refractivity contribution in [2.24, 2.45) is 5.92 Å². The van der Waals surface area contributed by atoms with Crippen LogP contribution >= 0.6 is 34.8 Å². The highest BCUT2D eigenvalue weighted by Gasteiger charge is 2.28. The number of aromatic nitrogens is 3. The average Bonchev–Trinajstić information content (AvgIpc) is 3.31. The number of amides is 1. The number of halogens is 3. The van der Waals surface area contributed by atoms with Crippen LogP contribution in [0.2, 0.25) is 15.1 Å². The molecule has 1 amide bonds. The number of pyridine rings is 1. The van der Waals surface area contributed by atoms with Crippen LogP contribution in [0.5, 0.6) is 5.88 Å². The standard InChI is InChI=1S/C22H20Cl3N5O5/c1-33-21(32)11-2-5-14(6-3-11)34-19-16(25)9-13(10-26-19)27-18(31)20-29-30-22(35-20)28-17-7-4-12(23)8-15(17)24/h4,7-11,14H,2-3,5-6H2,1H3,(H,27,31)(H,28,30)/t11-,14-. The van der Waals surface area contributed by atoms with Crippen LogP contribution in [-0.4, -0.2) is 40.3 Å². The maximum atomic E-state index is 12.5. The monoisotopic (exact) mass is 539 g/mol. The third-order valence-corrected chi connectivity index (χ3v) is 6.16. The molecule has 2 aromatic heterocycles. The van der Waals surface area contributed by atoms with Crippen LogP contribution < -0.4 is 15.4 Å². The Labute approximate surface area is 215 Å². The van der Waals surface area contributed by atoms with E-state index in [1.807, 2.05) is 0 Å². The fourth-order valence-corrected chi connectivity index (χ4v) is 4.24. The van der Waals surface area contributed by atoms with Crippen molar-refractivity contribution in [3.8, 4) is 5.88 Å².